The third kappa shape index (κ3) is 4.63. The van der Waals surface area contributed by atoms with Gasteiger partial charge in [-0.05, 0) is 49.0 Å². The van der Waals surface area contributed by atoms with Crippen LogP contribution in [0.4, 0.5) is 0 Å². The van der Waals surface area contributed by atoms with Crippen LogP contribution >= 0.6 is 11.8 Å². The lowest BCUT2D eigenvalue weighted by Gasteiger charge is -2.29. The lowest BCUT2D eigenvalue weighted by molar-refractivity contribution is -0.139. The Morgan fingerprint density at radius 2 is 1.86 bits per heavy atom. The first-order valence-corrected chi connectivity index (χ1v) is 11.2. The summed E-state index contributed by atoms with van der Waals surface area (Å²) >= 11 is 1.60. The number of nitrogens with one attached hydrogen (secondary N) is 1. The molecule has 1 saturated carbocycles. The van der Waals surface area contributed by atoms with E-state index in [9.17, 15) is 24.3 Å². The second kappa shape index (κ2) is 9.43. The number of nitrogens with zero attached hydrogens (tertiary/aromatic N) is 1. The van der Waals surface area contributed by atoms with Crippen molar-refractivity contribution in [2.75, 3.05) is 11.5 Å². The summed E-state index contributed by atoms with van der Waals surface area (Å²) in [5.41, 5.74) is 0.720. The predicted octanol–water partition coefficient (Wildman–Crippen LogP) is 2.94. The first-order valence-electron chi connectivity index (χ1n) is 10.1. The van der Waals surface area contributed by atoms with Crippen LogP contribution < -0.4 is 5.32 Å². The molecule has 0 aromatic heterocycles. The van der Waals surface area contributed by atoms with Gasteiger partial charge in [0.25, 0.3) is 17.7 Å². The standard InChI is InChI=1S/C21H26N2O5S/c1-2-29-11-10-17(21(27)28)22-18(24)13-8-9-15-16(12-13)20(26)23(19(15)25)14-6-4-3-5-7-14/h8-9,12,14,17H,2-7,10-11H2,1H3,(H,22,24)(H,27,28). The van der Waals surface area contributed by atoms with Crippen molar-refractivity contribution < 1.29 is 24.3 Å². The smallest absolute Gasteiger partial charge is 0.326 e. The van der Waals surface area contributed by atoms with Gasteiger partial charge in [0.15, 0.2) is 0 Å². The summed E-state index contributed by atoms with van der Waals surface area (Å²) in [7, 11) is 0. The molecule has 1 aromatic rings. The number of benzene rings is 1. The highest BCUT2D eigenvalue weighted by atomic mass is 32.2. The number of rotatable bonds is 8. The van der Waals surface area contributed by atoms with Crippen LogP contribution in [0.15, 0.2) is 18.2 Å². The Morgan fingerprint density at radius 3 is 2.52 bits per heavy atom. The van der Waals surface area contributed by atoms with Gasteiger partial charge in [0.05, 0.1) is 11.1 Å². The van der Waals surface area contributed by atoms with E-state index in [4.69, 9.17) is 0 Å². The molecule has 1 aliphatic carbocycles. The molecular weight excluding hydrogens is 392 g/mol. The fourth-order valence-corrected chi connectivity index (χ4v) is 4.61. The number of imide groups is 1. The van der Waals surface area contributed by atoms with Crippen molar-refractivity contribution >= 4 is 35.5 Å². The van der Waals surface area contributed by atoms with Crippen LogP contribution in [0.5, 0.6) is 0 Å². The van der Waals surface area contributed by atoms with E-state index in [0.29, 0.717) is 17.7 Å². The minimum Gasteiger partial charge on any atom is -0.480 e. The zero-order valence-corrected chi connectivity index (χ0v) is 17.3. The molecular formula is C21H26N2O5S. The number of aliphatic carboxylic acids is 1. The third-order valence-electron chi connectivity index (χ3n) is 5.48. The maximum absolute atomic E-state index is 12.9. The summed E-state index contributed by atoms with van der Waals surface area (Å²) in [6.07, 6.45) is 5.06. The van der Waals surface area contributed by atoms with Crippen molar-refractivity contribution in [3.63, 3.8) is 0 Å². The Labute approximate surface area is 174 Å². The van der Waals surface area contributed by atoms with Crippen molar-refractivity contribution in [2.24, 2.45) is 0 Å². The summed E-state index contributed by atoms with van der Waals surface area (Å²) in [6.45, 7) is 1.98. The van der Waals surface area contributed by atoms with E-state index in [1.807, 2.05) is 6.92 Å². The molecule has 3 amide bonds. The zero-order chi connectivity index (χ0) is 21.0. The largest absolute Gasteiger partial charge is 0.480 e. The summed E-state index contributed by atoms with van der Waals surface area (Å²) in [5, 5.41) is 11.9. The molecule has 8 heteroatoms. The zero-order valence-electron chi connectivity index (χ0n) is 16.5. The fraction of sp³-hybridized carbons (Fsp3) is 0.524. The molecule has 0 saturated heterocycles. The van der Waals surface area contributed by atoms with E-state index in [1.165, 1.54) is 23.1 Å². The Hall–Kier alpha value is -2.35. The summed E-state index contributed by atoms with van der Waals surface area (Å²) in [6, 6.07) is 3.30. The van der Waals surface area contributed by atoms with E-state index in [-0.39, 0.29) is 29.0 Å². The molecule has 156 valence electrons. The van der Waals surface area contributed by atoms with Crippen LogP contribution in [0.3, 0.4) is 0 Å². The van der Waals surface area contributed by atoms with Gasteiger partial charge < -0.3 is 10.4 Å². The van der Waals surface area contributed by atoms with Crippen LogP contribution in [0.25, 0.3) is 0 Å². The monoisotopic (exact) mass is 418 g/mol. The third-order valence-corrected chi connectivity index (χ3v) is 6.41. The number of fused-ring (bicyclic) bond motifs is 1. The highest BCUT2D eigenvalue weighted by Crippen LogP contribution is 2.31. The lowest BCUT2D eigenvalue weighted by atomic mass is 9.94. The maximum atomic E-state index is 12.9. The number of hydrogen-bond acceptors (Lipinski definition) is 5. The topological polar surface area (TPSA) is 104 Å². The molecule has 2 N–H and O–H groups in total. The van der Waals surface area contributed by atoms with E-state index >= 15 is 0 Å². The van der Waals surface area contributed by atoms with Crippen LogP contribution in [0, 0.1) is 0 Å². The Balaban J connectivity index is 1.74. The highest BCUT2D eigenvalue weighted by molar-refractivity contribution is 7.99. The van der Waals surface area contributed by atoms with Gasteiger partial charge in [-0.15, -0.1) is 0 Å². The van der Waals surface area contributed by atoms with E-state index in [2.05, 4.69) is 5.32 Å². The van der Waals surface area contributed by atoms with Crippen LogP contribution in [0.1, 0.15) is 76.5 Å². The molecule has 1 atom stereocenters. The molecule has 29 heavy (non-hydrogen) atoms. The number of carboxylic acids is 1. The van der Waals surface area contributed by atoms with Crippen LogP contribution in [0.2, 0.25) is 0 Å². The predicted molar refractivity (Wildman–Crippen MR) is 110 cm³/mol. The number of hydrogen-bond donors (Lipinski definition) is 2. The van der Waals surface area contributed by atoms with E-state index in [1.54, 1.807) is 11.8 Å². The normalized spacial score (nSPS) is 17.9. The van der Waals surface area contributed by atoms with Crippen molar-refractivity contribution in [3.8, 4) is 0 Å². The lowest BCUT2D eigenvalue weighted by Crippen LogP contribution is -2.41. The van der Waals surface area contributed by atoms with E-state index < -0.39 is 17.9 Å². The molecule has 0 spiro atoms. The number of carbonyl (C=O) groups is 4. The molecule has 1 aromatic carbocycles. The van der Waals surface area contributed by atoms with Gasteiger partial charge in [0.1, 0.15) is 6.04 Å². The van der Waals surface area contributed by atoms with Crippen molar-refractivity contribution in [1.82, 2.24) is 10.2 Å². The Bertz CT molecular complexity index is 819. The fourth-order valence-electron chi connectivity index (χ4n) is 3.92. The SMILES string of the molecule is CCSCCC(NC(=O)c1ccc2c(c1)C(=O)N(C1CCCCC1)C2=O)C(=O)O. The van der Waals surface area contributed by atoms with Crippen LogP contribution in [-0.4, -0.2) is 57.3 Å². The van der Waals surface area contributed by atoms with E-state index in [0.717, 1.165) is 37.9 Å². The van der Waals surface area contributed by atoms with Gasteiger partial charge >= 0.3 is 5.97 Å². The Morgan fingerprint density at radius 1 is 1.17 bits per heavy atom. The molecule has 7 nitrogen and oxygen atoms in total. The molecule has 1 unspecified atom stereocenters. The van der Waals surface area contributed by atoms with Gasteiger partial charge in [0.2, 0.25) is 0 Å². The van der Waals surface area contributed by atoms with Gasteiger partial charge in [-0.3, -0.25) is 19.3 Å². The molecule has 2 aliphatic rings. The molecule has 3 rings (SSSR count). The molecule has 1 aliphatic heterocycles. The van der Waals surface area contributed by atoms with Crippen molar-refractivity contribution in [2.45, 2.75) is 57.5 Å². The molecule has 1 heterocycles. The molecule has 1 fully saturated rings. The summed E-state index contributed by atoms with van der Waals surface area (Å²) < 4.78 is 0. The Kier molecular flexibility index (Phi) is 6.95. The second-order valence-electron chi connectivity index (χ2n) is 7.38. The minimum atomic E-state index is -1.09. The molecule has 0 bridgehead atoms. The quantitative estimate of drug-likeness (QED) is 0.497. The number of amides is 3. The minimum absolute atomic E-state index is 0.0825. The first-order chi connectivity index (χ1) is 13.9. The number of carbonyl (C=O) groups excluding carboxylic acids is 3. The summed E-state index contributed by atoms with van der Waals surface area (Å²) in [5.74, 6) is -0.812. The number of thioether (sulfide) groups is 1. The van der Waals surface area contributed by atoms with Crippen molar-refractivity contribution in [1.29, 1.82) is 0 Å². The average molecular weight is 419 g/mol. The maximum Gasteiger partial charge on any atom is 0.326 e. The second-order valence-corrected chi connectivity index (χ2v) is 8.78. The number of carboxylic acid groups (broad SMARTS) is 1. The summed E-state index contributed by atoms with van der Waals surface area (Å²) in [4.78, 5) is 50.9. The van der Waals surface area contributed by atoms with Crippen LogP contribution in [-0.2, 0) is 4.79 Å². The first kappa shape index (κ1) is 21.4. The average Bonchev–Trinajstić information content (AvgIpc) is 2.97. The highest BCUT2D eigenvalue weighted by Gasteiger charge is 2.40. The van der Waals surface area contributed by atoms with Gasteiger partial charge in [-0.1, -0.05) is 26.2 Å². The van der Waals surface area contributed by atoms with Gasteiger partial charge in [0, 0.05) is 11.6 Å². The van der Waals surface area contributed by atoms with Gasteiger partial charge in [-0.2, -0.15) is 11.8 Å². The molecule has 0 radical (unpaired) electrons. The van der Waals surface area contributed by atoms with Gasteiger partial charge in [-0.25, -0.2) is 4.79 Å². The van der Waals surface area contributed by atoms with Crippen molar-refractivity contribution in [3.05, 3.63) is 34.9 Å².